The van der Waals surface area contributed by atoms with E-state index >= 15 is 0 Å². The molecule has 3 nitrogen and oxygen atoms in total. The fourth-order valence-electron chi connectivity index (χ4n) is 1.51. The summed E-state index contributed by atoms with van der Waals surface area (Å²) in [5, 5.41) is 9.56. The molecule has 1 rings (SSSR count). The van der Waals surface area contributed by atoms with E-state index in [1.807, 2.05) is 31.2 Å². The van der Waals surface area contributed by atoms with Gasteiger partial charge in [0.2, 0.25) is 0 Å². The first kappa shape index (κ1) is 12.0. The van der Waals surface area contributed by atoms with Crippen LogP contribution in [0.5, 0.6) is 5.75 Å². The molecule has 0 bridgehead atoms. The number of ether oxygens (including phenoxy) is 1. The molecule has 3 heteroatoms. The van der Waals surface area contributed by atoms with E-state index < -0.39 is 6.10 Å². The Labute approximate surface area is 90.9 Å². The highest BCUT2D eigenvalue weighted by Gasteiger charge is 2.13. The minimum Gasteiger partial charge on any atom is -0.497 e. The van der Waals surface area contributed by atoms with Crippen molar-refractivity contribution in [2.75, 3.05) is 7.11 Å². The molecule has 2 unspecified atom stereocenters. The zero-order valence-corrected chi connectivity index (χ0v) is 9.31. The Morgan fingerprint density at radius 1 is 1.47 bits per heavy atom. The molecule has 0 spiro atoms. The van der Waals surface area contributed by atoms with Crippen molar-refractivity contribution < 1.29 is 9.84 Å². The second-order valence-electron chi connectivity index (χ2n) is 3.70. The molecule has 0 aliphatic rings. The van der Waals surface area contributed by atoms with Crippen LogP contribution in [0.15, 0.2) is 24.3 Å². The number of methoxy groups -OCH3 is 1. The number of rotatable bonds is 5. The molecular formula is C12H19NO2. The van der Waals surface area contributed by atoms with Crippen molar-refractivity contribution in [1.29, 1.82) is 0 Å². The third kappa shape index (κ3) is 3.53. The van der Waals surface area contributed by atoms with Gasteiger partial charge in [0.15, 0.2) is 0 Å². The topological polar surface area (TPSA) is 55.5 Å². The summed E-state index contributed by atoms with van der Waals surface area (Å²) in [5.74, 6) is 0.825. The zero-order valence-electron chi connectivity index (χ0n) is 9.31. The Bertz CT molecular complexity index is 301. The van der Waals surface area contributed by atoms with Gasteiger partial charge in [0, 0.05) is 6.04 Å². The SMILES string of the molecule is CCC(O)C(N)Cc1cccc(OC)c1. The number of benzene rings is 1. The average Bonchev–Trinajstić information content (AvgIpc) is 2.28. The standard InChI is InChI=1S/C12H19NO2/c1-3-12(14)11(13)8-9-5-4-6-10(7-9)15-2/h4-7,11-12,14H,3,8,13H2,1-2H3. The second kappa shape index (κ2) is 5.73. The van der Waals surface area contributed by atoms with E-state index in [1.165, 1.54) is 0 Å². The van der Waals surface area contributed by atoms with Crippen LogP contribution < -0.4 is 10.5 Å². The van der Waals surface area contributed by atoms with Crippen molar-refractivity contribution in [3.05, 3.63) is 29.8 Å². The van der Waals surface area contributed by atoms with Crippen LogP contribution in [0.2, 0.25) is 0 Å². The molecule has 0 heterocycles. The highest BCUT2D eigenvalue weighted by molar-refractivity contribution is 5.29. The quantitative estimate of drug-likeness (QED) is 0.769. The van der Waals surface area contributed by atoms with Crippen LogP contribution in [0.3, 0.4) is 0 Å². The molecule has 0 radical (unpaired) electrons. The Kier molecular flexibility index (Phi) is 4.59. The first-order valence-electron chi connectivity index (χ1n) is 5.24. The average molecular weight is 209 g/mol. The molecular weight excluding hydrogens is 190 g/mol. The van der Waals surface area contributed by atoms with Crippen LogP contribution in [0.4, 0.5) is 0 Å². The molecule has 0 saturated heterocycles. The lowest BCUT2D eigenvalue weighted by Crippen LogP contribution is -2.36. The molecule has 15 heavy (non-hydrogen) atoms. The number of nitrogens with two attached hydrogens (primary N) is 1. The summed E-state index contributed by atoms with van der Waals surface area (Å²) >= 11 is 0. The molecule has 3 N–H and O–H groups in total. The van der Waals surface area contributed by atoms with Crippen molar-refractivity contribution in [3.63, 3.8) is 0 Å². The van der Waals surface area contributed by atoms with Gasteiger partial charge in [0.25, 0.3) is 0 Å². The molecule has 0 fully saturated rings. The van der Waals surface area contributed by atoms with Gasteiger partial charge in [0.1, 0.15) is 5.75 Å². The minimum atomic E-state index is -0.434. The van der Waals surface area contributed by atoms with Gasteiger partial charge in [-0.25, -0.2) is 0 Å². The van der Waals surface area contributed by atoms with Gasteiger partial charge in [-0.15, -0.1) is 0 Å². The van der Waals surface area contributed by atoms with Crippen LogP contribution in [0.25, 0.3) is 0 Å². The second-order valence-corrected chi connectivity index (χ2v) is 3.70. The van der Waals surface area contributed by atoms with Crippen molar-refractivity contribution >= 4 is 0 Å². The first-order chi connectivity index (χ1) is 7.17. The Balaban J connectivity index is 2.63. The van der Waals surface area contributed by atoms with Crippen molar-refractivity contribution in [2.45, 2.75) is 31.9 Å². The molecule has 0 amide bonds. The summed E-state index contributed by atoms with van der Waals surface area (Å²) in [4.78, 5) is 0. The molecule has 0 aliphatic carbocycles. The van der Waals surface area contributed by atoms with Gasteiger partial charge in [-0.05, 0) is 30.5 Å². The Morgan fingerprint density at radius 2 is 2.20 bits per heavy atom. The molecule has 2 atom stereocenters. The summed E-state index contributed by atoms with van der Waals surface area (Å²) in [6, 6.07) is 7.56. The molecule has 0 saturated carbocycles. The molecule has 84 valence electrons. The maximum atomic E-state index is 9.56. The number of hydrogen-bond acceptors (Lipinski definition) is 3. The van der Waals surface area contributed by atoms with Gasteiger partial charge in [-0.2, -0.15) is 0 Å². The van der Waals surface area contributed by atoms with E-state index in [-0.39, 0.29) is 6.04 Å². The van der Waals surface area contributed by atoms with Crippen LogP contribution in [-0.2, 0) is 6.42 Å². The molecule has 1 aromatic rings. The predicted molar refractivity (Wildman–Crippen MR) is 61.0 cm³/mol. The lowest BCUT2D eigenvalue weighted by atomic mass is 10.0. The van der Waals surface area contributed by atoms with Crippen LogP contribution in [0.1, 0.15) is 18.9 Å². The van der Waals surface area contributed by atoms with Crippen LogP contribution >= 0.6 is 0 Å². The third-order valence-corrected chi connectivity index (χ3v) is 2.52. The fourth-order valence-corrected chi connectivity index (χ4v) is 1.51. The number of hydrogen-bond donors (Lipinski definition) is 2. The summed E-state index contributed by atoms with van der Waals surface area (Å²) in [7, 11) is 1.64. The molecule has 0 aliphatic heterocycles. The van der Waals surface area contributed by atoms with E-state index in [2.05, 4.69) is 0 Å². The van der Waals surface area contributed by atoms with Crippen molar-refractivity contribution in [2.24, 2.45) is 5.73 Å². The highest BCUT2D eigenvalue weighted by Crippen LogP contribution is 2.14. The normalized spacial score (nSPS) is 14.7. The summed E-state index contributed by atoms with van der Waals surface area (Å²) < 4.78 is 5.12. The predicted octanol–water partition coefficient (Wildman–Crippen LogP) is 1.34. The van der Waals surface area contributed by atoms with E-state index in [1.54, 1.807) is 7.11 Å². The zero-order chi connectivity index (χ0) is 11.3. The maximum Gasteiger partial charge on any atom is 0.119 e. The highest BCUT2D eigenvalue weighted by atomic mass is 16.5. The molecule has 0 aromatic heterocycles. The van der Waals surface area contributed by atoms with Gasteiger partial charge in [-0.1, -0.05) is 19.1 Å². The largest absolute Gasteiger partial charge is 0.497 e. The lowest BCUT2D eigenvalue weighted by Gasteiger charge is -2.17. The van der Waals surface area contributed by atoms with E-state index in [0.717, 1.165) is 11.3 Å². The summed E-state index contributed by atoms with van der Waals surface area (Å²) in [6.45, 7) is 1.93. The van der Waals surface area contributed by atoms with Crippen molar-refractivity contribution in [3.8, 4) is 5.75 Å². The monoisotopic (exact) mass is 209 g/mol. The molecule has 1 aromatic carbocycles. The minimum absolute atomic E-state index is 0.206. The van der Waals surface area contributed by atoms with Crippen LogP contribution in [-0.4, -0.2) is 24.4 Å². The number of aliphatic hydroxyl groups is 1. The summed E-state index contributed by atoms with van der Waals surface area (Å²) in [5.41, 5.74) is 6.95. The van der Waals surface area contributed by atoms with E-state index in [9.17, 15) is 5.11 Å². The van der Waals surface area contributed by atoms with Gasteiger partial charge in [-0.3, -0.25) is 0 Å². The van der Waals surface area contributed by atoms with Crippen LogP contribution in [0, 0.1) is 0 Å². The van der Waals surface area contributed by atoms with Crippen molar-refractivity contribution in [1.82, 2.24) is 0 Å². The third-order valence-electron chi connectivity index (χ3n) is 2.52. The lowest BCUT2D eigenvalue weighted by molar-refractivity contribution is 0.140. The maximum absolute atomic E-state index is 9.56. The fraction of sp³-hybridized carbons (Fsp3) is 0.500. The van der Waals surface area contributed by atoms with Gasteiger partial charge >= 0.3 is 0 Å². The number of aliphatic hydroxyl groups excluding tert-OH is 1. The van der Waals surface area contributed by atoms with E-state index in [4.69, 9.17) is 10.5 Å². The van der Waals surface area contributed by atoms with Gasteiger partial charge in [0.05, 0.1) is 13.2 Å². The van der Waals surface area contributed by atoms with E-state index in [0.29, 0.717) is 12.8 Å². The smallest absolute Gasteiger partial charge is 0.119 e. The first-order valence-corrected chi connectivity index (χ1v) is 5.24. The Morgan fingerprint density at radius 3 is 2.80 bits per heavy atom. The summed E-state index contributed by atoms with van der Waals surface area (Å²) in [6.07, 6.45) is 0.924. The Hall–Kier alpha value is -1.06. The van der Waals surface area contributed by atoms with Gasteiger partial charge < -0.3 is 15.6 Å².